The van der Waals surface area contributed by atoms with Crippen molar-refractivity contribution in [3.05, 3.63) is 87.0 Å². The molecule has 3 rings (SSSR count). The van der Waals surface area contributed by atoms with Gasteiger partial charge in [0, 0.05) is 17.2 Å². The lowest BCUT2D eigenvalue weighted by atomic mass is 10.0. The van der Waals surface area contributed by atoms with E-state index in [-0.39, 0.29) is 11.1 Å². The van der Waals surface area contributed by atoms with Crippen LogP contribution in [-0.2, 0) is 4.57 Å². The molecular weight excluding hydrogens is 591 g/mol. The molecular formula is C40H57O5P. The molecule has 6 heteroatoms. The summed E-state index contributed by atoms with van der Waals surface area (Å²) < 4.78 is 27.7. The van der Waals surface area contributed by atoms with Crippen LogP contribution in [-0.4, -0.2) is 24.3 Å². The molecule has 0 aliphatic heterocycles. The van der Waals surface area contributed by atoms with Gasteiger partial charge in [0.05, 0.1) is 18.5 Å². The fourth-order valence-corrected chi connectivity index (χ4v) is 8.38. The average Bonchev–Trinajstić information content (AvgIpc) is 2.96. The molecule has 0 aromatic heterocycles. The van der Waals surface area contributed by atoms with Crippen LogP contribution in [0.3, 0.4) is 0 Å². The summed E-state index contributed by atoms with van der Waals surface area (Å²) in [7, 11) is -4.44. The SMILES string of the molecule is CC(C)C.CCCCCOc1ccc(P(=O)(C(=O)c2c(C)cc(C)cc2C)C(=O)c2c(C)cc(C)cc2C)c(OCCCCC)c1. The zero-order valence-corrected chi connectivity index (χ0v) is 31.2. The summed E-state index contributed by atoms with van der Waals surface area (Å²) in [6.07, 6.45) is 5.85. The summed E-state index contributed by atoms with van der Waals surface area (Å²) in [6.45, 7) is 22.9. The Labute approximate surface area is 278 Å². The summed E-state index contributed by atoms with van der Waals surface area (Å²) in [5, 5.41) is 0.133. The van der Waals surface area contributed by atoms with Gasteiger partial charge in [0.1, 0.15) is 11.5 Å². The van der Waals surface area contributed by atoms with E-state index in [0.29, 0.717) is 52.3 Å². The van der Waals surface area contributed by atoms with E-state index in [1.54, 1.807) is 18.2 Å². The average molecular weight is 649 g/mol. The fourth-order valence-electron chi connectivity index (χ4n) is 5.70. The van der Waals surface area contributed by atoms with Crippen molar-refractivity contribution in [2.75, 3.05) is 13.2 Å². The largest absolute Gasteiger partial charge is 0.493 e. The van der Waals surface area contributed by atoms with Crippen molar-refractivity contribution in [2.24, 2.45) is 5.92 Å². The number of benzene rings is 3. The first-order valence-electron chi connectivity index (χ1n) is 16.9. The number of hydrogen-bond donors (Lipinski definition) is 0. The number of carbonyl (C=O) groups is 2. The first kappa shape index (κ1) is 39.0. The molecule has 0 N–H and O–H groups in total. The molecule has 46 heavy (non-hydrogen) atoms. The molecule has 0 saturated heterocycles. The first-order valence-corrected chi connectivity index (χ1v) is 18.6. The van der Waals surface area contributed by atoms with Crippen LogP contribution >= 0.6 is 7.14 Å². The van der Waals surface area contributed by atoms with E-state index >= 15 is 4.57 Å². The predicted molar refractivity (Wildman–Crippen MR) is 194 cm³/mol. The second kappa shape index (κ2) is 18.2. The Hall–Kier alpha value is -3.17. The summed E-state index contributed by atoms with van der Waals surface area (Å²) in [5.74, 6) is 1.67. The van der Waals surface area contributed by atoms with Crippen molar-refractivity contribution >= 4 is 23.5 Å². The van der Waals surface area contributed by atoms with E-state index in [1.165, 1.54) is 0 Å². The number of carbonyl (C=O) groups excluding carboxylic acids is 2. The van der Waals surface area contributed by atoms with E-state index in [0.717, 1.165) is 55.6 Å². The van der Waals surface area contributed by atoms with Crippen molar-refractivity contribution in [1.29, 1.82) is 0 Å². The van der Waals surface area contributed by atoms with Gasteiger partial charge in [-0.3, -0.25) is 9.59 Å². The number of aryl methyl sites for hydroxylation is 6. The molecule has 252 valence electrons. The molecule has 0 aliphatic rings. The van der Waals surface area contributed by atoms with Crippen molar-refractivity contribution in [3.63, 3.8) is 0 Å². The normalized spacial score (nSPS) is 11.2. The number of ether oxygens (including phenoxy) is 2. The maximum Gasteiger partial charge on any atom is 0.252 e. The molecule has 0 amide bonds. The molecule has 0 spiro atoms. The molecule has 5 nitrogen and oxygen atoms in total. The molecule has 0 radical (unpaired) electrons. The van der Waals surface area contributed by atoms with Gasteiger partial charge in [-0.1, -0.05) is 95.7 Å². The predicted octanol–water partition coefficient (Wildman–Crippen LogP) is 11.0. The van der Waals surface area contributed by atoms with Gasteiger partial charge in [0.2, 0.25) is 11.0 Å². The van der Waals surface area contributed by atoms with Gasteiger partial charge in [0.25, 0.3) is 7.14 Å². The quantitative estimate of drug-likeness (QED) is 0.121. The lowest BCUT2D eigenvalue weighted by molar-refractivity contribution is 0.103. The monoisotopic (exact) mass is 648 g/mol. The van der Waals surface area contributed by atoms with Crippen LogP contribution in [0, 0.1) is 47.5 Å². The van der Waals surface area contributed by atoms with E-state index < -0.39 is 18.2 Å². The van der Waals surface area contributed by atoms with Crippen LogP contribution in [0.4, 0.5) is 0 Å². The standard InChI is InChI=1S/C36H47O5P.C4H10/c1-9-11-13-17-40-30-15-16-32(31(23-30)41-18-14-12-10-2)42(39,35(37)33-26(5)19-24(3)20-27(33)6)36(38)34-28(7)21-25(4)22-29(34)8;1-4(2)3/h15-16,19-23H,9-14,17-18H2,1-8H3;4H,1-3H3. The smallest absolute Gasteiger partial charge is 0.252 e. The zero-order valence-electron chi connectivity index (χ0n) is 30.3. The van der Waals surface area contributed by atoms with E-state index in [2.05, 4.69) is 34.6 Å². The Kier molecular flexibility index (Phi) is 15.5. The van der Waals surface area contributed by atoms with Gasteiger partial charge in [-0.25, -0.2) is 0 Å². The van der Waals surface area contributed by atoms with Crippen LogP contribution in [0.25, 0.3) is 0 Å². The van der Waals surface area contributed by atoms with Crippen molar-refractivity contribution in [3.8, 4) is 11.5 Å². The molecule has 0 bridgehead atoms. The third-order valence-electron chi connectivity index (χ3n) is 7.65. The molecule has 0 aliphatic carbocycles. The summed E-state index contributed by atoms with van der Waals surface area (Å²) in [5.41, 5.74) is 4.14. The minimum absolute atomic E-state index is 0.133. The van der Waals surface area contributed by atoms with Crippen LogP contribution in [0.15, 0.2) is 42.5 Å². The van der Waals surface area contributed by atoms with Gasteiger partial charge in [-0.05, 0) is 94.7 Å². The molecule has 0 unspecified atom stereocenters. The van der Waals surface area contributed by atoms with Crippen LogP contribution < -0.4 is 14.8 Å². The molecule has 0 saturated carbocycles. The number of hydrogen-bond acceptors (Lipinski definition) is 5. The second-order valence-electron chi connectivity index (χ2n) is 13.2. The van der Waals surface area contributed by atoms with Crippen LogP contribution in [0.2, 0.25) is 0 Å². The lowest BCUT2D eigenvalue weighted by Gasteiger charge is -2.23. The zero-order chi connectivity index (χ0) is 34.6. The van der Waals surface area contributed by atoms with Gasteiger partial charge in [0.15, 0.2) is 0 Å². The molecule has 0 fully saturated rings. The molecule has 0 atom stereocenters. The number of rotatable bonds is 15. The summed E-state index contributed by atoms with van der Waals surface area (Å²) in [6, 6.07) is 12.6. The third-order valence-corrected chi connectivity index (χ3v) is 10.3. The Balaban J connectivity index is 0.00000173. The maximum atomic E-state index is 15.5. The van der Waals surface area contributed by atoms with Crippen molar-refractivity contribution < 1.29 is 23.6 Å². The first-order chi connectivity index (χ1) is 21.7. The van der Waals surface area contributed by atoms with E-state index in [1.807, 2.05) is 65.8 Å². The minimum Gasteiger partial charge on any atom is -0.493 e. The summed E-state index contributed by atoms with van der Waals surface area (Å²) >= 11 is 0. The van der Waals surface area contributed by atoms with Crippen molar-refractivity contribution in [1.82, 2.24) is 0 Å². The lowest BCUT2D eigenvalue weighted by Crippen LogP contribution is -2.25. The fraction of sp³-hybridized carbons (Fsp3) is 0.500. The Bertz CT molecular complexity index is 1410. The molecule has 3 aromatic carbocycles. The number of unbranched alkanes of at least 4 members (excludes halogenated alkanes) is 4. The van der Waals surface area contributed by atoms with Crippen LogP contribution in [0.1, 0.15) is 127 Å². The minimum atomic E-state index is -4.44. The Morgan fingerprint density at radius 1 is 0.630 bits per heavy atom. The Morgan fingerprint density at radius 3 is 1.41 bits per heavy atom. The maximum absolute atomic E-state index is 15.5. The van der Waals surface area contributed by atoms with Gasteiger partial charge in [-0.15, -0.1) is 0 Å². The van der Waals surface area contributed by atoms with E-state index in [4.69, 9.17) is 9.47 Å². The van der Waals surface area contributed by atoms with Gasteiger partial charge in [-0.2, -0.15) is 0 Å². The topological polar surface area (TPSA) is 69.7 Å². The molecule has 0 heterocycles. The van der Waals surface area contributed by atoms with Crippen LogP contribution in [0.5, 0.6) is 11.5 Å². The van der Waals surface area contributed by atoms with E-state index in [9.17, 15) is 9.59 Å². The highest BCUT2D eigenvalue weighted by molar-refractivity contribution is 8.01. The Morgan fingerprint density at radius 2 is 1.02 bits per heavy atom. The van der Waals surface area contributed by atoms with Gasteiger partial charge < -0.3 is 14.0 Å². The highest BCUT2D eigenvalue weighted by Crippen LogP contribution is 2.55. The summed E-state index contributed by atoms with van der Waals surface area (Å²) in [4.78, 5) is 29.2. The highest BCUT2D eigenvalue weighted by Gasteiger charge is 2.46. The third kappa shape index (κ3) is 10.2. The van der Waals surface area contributed by atoms with Crippen molar-refractivity contribution in [2.45, 2.75) is 115 Å². The highest BCUT2D eigenvalue weighted by atomic mass is 31.2. The molecule has 3 aromatic rings. The second-order valence-corrected chi connectivity index (χ2v) is 15.8. The van der Waals surface area contributed by atoms with Gasteiger partial charge >= 0.3 is 0 Å².